The van der Waals surface area contributed by atoms with Crippen LogP contribution in [0.3, 0.4) is 0 Å². The van der Waals surface area contributed by atoms with Crippen LogP contribution in [0.5, 0.6) is 11.5 Å². The highest BCUT2D eigenvalue weighted by molar-refractivity contribution is 5.86. The van der Waals surface area contributed by atoms with Crippen molar-refractivity contribution >= 4 is 23.9 Å². The van der Waals surface area contributed by atoms with Crippen LogP contribution in [0.1, 0.15) is 57.6 Å². The van der Waals surface area contributed by atoms with Crippen molar-refractivity contribution in [3.8, 4) is 11.5 Å². The van der Waals surface area contributed by atoms with Gasteiger partial charge in [0.1, 0.15) is 5.76 Å². The summed E-state index contributed by atoms with van der Waals surface area (Å²) in [7, 11) is 0. The van der Waals surface area contributed by atoms with E-state index in [1.807, 2.05) is 6.07 Å². The van der Waals surface area contributed by atoms with Gasteiger partial charge < -0.3 is 34.3 Å². The van der Waals surface area contributed by atoms with Crippen molar-refractivity contribution in [2.45, 2.75) is 82.2 Å². The van der Waals surface area contributed by atoms with Crippen LogP contribution in [0, 0.1) is 11.8 Å². The van der Waals surface area contributed by atoms with Crippen LogP contribution < -0.4 is 4.74 Å². The first-order valence-electron chi connectivity index (χ1n) is 12.6. The van der Waals surface area contributed by atoms with Gasteiger partial charge in [-0.1, -0.05) is 13.0 Å². The van der Waals surface area contributed by atoms with E-state index in [-0.39, 0.29) is 35.5 Å². The maximum absolute atomic E-state index is 13.2. The SMILES string of the molecule is CC(=O)O[C@@H](CC(=O)O[C@@H](C)C(=O)O)C(=O)OC1=CC[C@@]2(O)[C@H]3Cc4ccc(O)c5c4[C@@]2(CCC3C)[C@H]1O5. The summed E-state index contributed by atoms with van der Waals surface area (Å²) in [6, 6.07) is 3.40. The van der Waals surface area contributed by atoms with Gasteiger partial charge in [-0.2, -0.15) is 0 Å². The summed E-state index contributed by atoms with van der Waals surface area (Å²) in [4.78, 5) is 48.0. The Labute approximate surface area is 218 Å². The summed E-state index contributed by atoms with van der Waals surface area (Å²) in [5.74, 6) is -3.94. The van der Waals surface area contributed by atoms with Crippen molar-refractivity contribution in [1.82, 2.24) is 0 Å². The fourth-order valence-corrected chi connectivity index (χ4v) is 6.82. The lowest BCUT2D eigenvalue weighted by molar-refractivity contribution is -0.179. The molecule has 3 aliphatic carbocycles. The van der Waals surface area contributed by atoms with E-state index in [0.717, 1.165) is 31.4 Å². The molecule has 2 bridgehead atoms. The van der Waals surface area contributed by atoms with Crippen LogP contribution in [-0.4, -0.2) is 63.1 Å². The van der Waals surface area contributed by atoms with E-state index in [1.165, 1.54) is 0 Å². The van der Waals surface area contributed by atoms with E-state index in [2.05, 4.69) is 6.92 Å². The quantitative estimate of drug-likeness (QED) is 0.348. The molecule has 1 aliphatic heterocycles. The van der Waals surface area contributed by atoms with Gasteiger partial charge in [0.05, 0.1) is 17.4 Å². The lowest BCUT2D eigenvalue weighted by Crippen LogP contribution is -2.69. The van der Waals surface area contributed by atoms with Crippen molar-refractivity contribution in [3.63, 3.8) is 0 Å². The average molecular weight is 531 g/mol. The molecule has 11 heteroatoms. The molecule has 1 spiro atoms. The molecule has 5 rings (SSSR count). The third-order valence-corrected chi connectivity index (χ3v) is 8.53. The van der Waals surface area contributed by atoms with Gasteiger partial charge in [0.15, 0.2) is 23.7 Å². The number of rotatable bonds is 7. The predicted molar refractivity (Wildman–Crippen MR) is 127 cm³/mol. The molecule has 38 heavy (non-hydrogen) atoms. The number of phenolic OH excluding ortho intramolecular Hbond substituents is 1. The number of aromatic hydroxyl groups is 1. The number of carboxylic acid groups (broad SMARTS) is 1. The first kappa shape index (κ1) is 26.0. The van der Waals surface area contributed by atoms with Gasteiger partial charge in [-0.25, -0.2) is 9.59 Å². The maximum Gasteiger partial charge on any atom is 0.353 e. The van der Waals surface area contributed by atoms with Crippen LogP contribution in [0.2, 0.25) is 0 Å². The number of carbonyl (C=O) groups excluding carboxylic acids is 3. The standard InChI is InChI=1S/C27H30O11/c1-12-6-8-26-21-15-4-5-17(29)22(21)38-23(26)18(7-9-27(26,34)16(12)10-15)37-25(33)19(36-14(3)28)11-20(30)35-13(2)24(31)32/h4-5,7,12-13,16,19,23,29,34H,6,8-11H2,1-3H3,(H,31,32)/t12?,13-,16-,19-,23-,26-,27+/m0/s1. The Morgan fingerprint density at radius 1 is 1.21 bits per heavy atom. The summed E-state index contributed by atoms with van der Waals surface area (Å²) in [6.07, 6.45) is -1.12. The van der Waals surface area contributed by atoms with Crippen LogP contribution in [0.4, 0.5) is 0 Å². The Morgan fingerprint density at radius 3 is 2.63 bits per heavy atom. The molecule has 0 aromatic heterocycles. The predicted octanol–water partition coefficient (Wildman–Crippen LogP) is 1.89. The Balaban J connectivity index is 1.45. The van der Waals surface area contributed by atoms with Gasteiger partial charge in [0, 0.05) is 12.5 Å². The van der Waals surface area contributed by atoms with Crippen molar-refractivity contribution in [2.75, 3.05) is 0 Å². The fourth-order valence-electron chi connectivity index (χ4n) is 6.82. The Hall–Kier alpha value is -3.60. The zero-order chi connectivity index (χ0) is 27.6. The van der Waals surface area contributed by atoms with Crippen molar-refractivity contribution in [2.24, 2.45) is 11.8 Å². The molecule has 0 saturated heterocycles. The number of benzene rings is 1. The minimum Gasteiger partial charge on any atom is -0.504 e. The van der Waals surface area contributed by atoms with Gasteiger partial charge in [0.2, 0.25) is 6.10 Å². The normalized spacial score (nSPS) is 31.6. The Kier molecular flexibility index (Phi) is 6.17. The molecule has 3 N–H and O–H groups in total. The van der Waals surface area contributed by atoms with Gasteiger partial charge in [-0.3, -0.25) is 9.59 Å². The molecule has 11 nitrogen and oxygen atoms in total. The van der Waals surface area contributed by atoms with Crippen LogP contribution in [-0.2, 0) is 45.2 Å². The van der Waals surface area contributed by atoms with E-state index in [9.17, 15) is 29.4 Å². The van der Waals surface area contributed by atoms with Gasteiger partial charge in [0.25, 0.3) is 0 Å². The Bertz CT molecular complexity index is 1250. The highest BCUT2D eigenvalue weighted by Crippen LogP contribution is 2.68. The second kappa shape index (κ2) is 9.00. The lowest BCUT2D eigenvalue weighted by atomic mass is 9.45. The second-order valence-electron chi connectivity index (χ2n) is 10.7. The van der Waals surface area contributed by atoms with Crippen LogP contribution >= 0.6 is 0 Å². The van der Waals surface area contributed by atoms with E-state index < -0.39 is 59.6 Å². The molecule has 0 radical (unpaired) electrons. The third-order valence-electron chi connectivity index (χ3n) is 8.53. The molecule has 1 heterocycles. The molecule has 4 aliphatic rings. The largest absolute Gasteiger partial charge is 0.504 e. The molecule has 1 aromatic rings. The maximum atomic E-state index is 13.2. The van der Waals surface area contributed by atoms with Gasteiger partial charge in [-0.15, -0.1) is 0 Å². The topological polar surface area (TPSA) is 166 Å². The Morgan fingerprint density at radius 2 is 1.95 bits per heavy atom. The van der Waals surface area contributed by atoms with Crippen molar-refractivity contribution in [1.29, 1.82) is 0 Å². The number of aliphatic carboxylic acids is 1. The molecule has 0 amide bonds. The van der Waals surface area contributed by atoms with E-state index >= 15 is 0 Å². The molecular formula is C27H30O11. The minimum absolute atomic E-state index is 0.0707. The molecule has 7 atom stereocenters. The molecular weight excluding hydrogens is 500 g/mol. The summed E-state index contributed by atoms with van der Waals surface area (Å²) in [5, 5.41) is 31.8. The van der Waals surface area contributed by atoms with Crippen molar-refractivity contribution in [3.05, 3.63) is 35.1 Å². The summed E-state index contributed by atoms with van der Waals surface area (Å²) < 4.78 is 21.7. The molecule has 1 saturated carbocycles. The van der Waals surface area contributed by atoms with E-state index in [1.54, 1.807) is 12.1 Å². The van der Waals surface area contributed by atoms with E-state index in [4.69, 9.17) is 24.1 Å². The fraction of sp³-hybridized carbons (Fsp3) is 0.556. The zero-order valence-electron chi connectivity index (χ0n) is 21.3. The number of esters is 3. The van der Waals surface area contributed by atoms with Crippen LogP contribution in [0.15, 0.2) is 24.0 Å². The first-order valence-corrected chi connectivity index (χ1v) is 12.6. The molecule has 1 unspecified atom stereocenters. The molecule has 1 aromatic carbocycles. The molecule has 1 fully saturated rings. The number of aliphatic hydroxyl groups is 1. The summed E-state index contributed by atoms with van der Waals surface area (Å²) >= 11 is 0. The highest BCUT2D eigenvalue weighted by Gasteiger charge is 2.72. The summed E-state index contributed by atoms with van der Waals surface area (Å²) in [5.41, 5.74) is -0.438. The van der Waals surface area contributed by atoms with Crippen molar-refractivity contribution < 1.29 is 53.4 Å². The monoisotopic (exact) mass is 530 g/mol. The van der Waals surface area contributed by atoms with Crippen LogP contribution in [0.25, 0.3) is 0 Å². The lowest BCUT2D eigenvalue weighted by Gasteiger charge is -2.61. The number of ether oxygens (including phenoxy) is 4. The van der Waals surface area contributed by atoms with E-state index in [0.29, 0.717) is 12.8 Å². The highest BCUT2D eigenvalue weighted by atomic mass is 16.6. The van der Waals surface area contributed by atoms with Gasteiger partial charge in [-0.05, 0) is 62.1 Å². The first-order chi connectivity index (χ1) is 17.9. The average Bonchev–Trinajstić information content (AvgIpc) is 3.20. The van der Waals surface area contributed by atoms with Gasteiger partial charge >= 0.3 is 23.9 Å². The zero-order valence-corrected chi connectivity index (χ0v) is 21.3. The number of hydrogen-bond donors (Lipinski definition) is 3. The minimum atomic E-state index is -1.70. The second-order valence-corrected chi connectivity index (χ2v) is 10.7. The number of phenols is 1. The smallest absolute Gasteiger partial charge is 0.353 e. The number of carbonyl (C=O) groups is 4. The number of hydrogen-bond acceptors (Lipinski definition) is 10. The molecule has 204 valence electrons. The third kappa shape index (κ3) is 3.74. The number of carboxylic acids is 1. The summed E-state index contributed by atoms with van der Waals surface area (Å²) in [6.45, 7) is 4.31.